The highest BCUT2D eigenvalue weighted by molar-refractivity contribution is 7.89. The zero-order chi connectivity index (χ0) is 14.0. The zero-order valence-corrected chi connectivity index (χ0v) is 11.9. The molecule has 6 nitrogen and oxygen atoms in total. The van der Waals surface area contributed by atoms with Crippen LogP contribution < -0.4 is 5.73 Å². The van der Waals surface area contributed by atoms with E-state index in [1.165, 1.54) is 15.2 Å². The van der Waals surface area contributed by atoms with E-state index >= 15 is 0 Å². The van der Waals surface area contributed by atoms with Crippen molar-refractivity contribution in [1.82, 2.24) is 14.1 Å². The van der Waals surface area contributed by atoms with Gasteiger partial charge < -0.3 is 5.73 Å². The Labute approximate surface area is 113 Å². The van der Waals surface area contributed by atoms with E-state index in [-0.39, 0.29) is 16.8 Å². The van der Waals surface area contributed by atoms with Crippen LogP contribution in [0.25, 0.3) is 0 Å². The normalized spacial score (nSPS) is 17.2. The molecule has 0 amide bonds. The van der Waals surface area contributed by atoms with Gasteiger partial charge in [-0.1, -0.05) is 18.9 Å². The van der Waals surface area contributed by atoms with Crippen molar-refractivity contribution < 1.29 is 8.42 Å². The van der Waals surface area contributed by atoms with Crippen LogP contribution in [0.1, 0.15) is 25.7 Å². The van der Waals surface area contributed by atoms with Crippen LogP contribution >= 0.6 is 0 Å². The summed E-state index contributed by atoms with van der Waals surface area (Å²) in [6.45, 7) is 3.96. The monoisotopic (exact) mass is 284 g/mol. The van der Waals surface area contributed by atoms with E-state index < -0.39 is 10.0 Å². The van der Waals surface area contributed by atoms with Gasteiger partial charge in [-0.2, -0.15) is 9.40 Å². The van der Waals surface area contributed by atoms with E-state index in [0.717, 1.165) is 25.7 Å². The average Bonchev–Trinajstić information content (AvgIpc) is 2.95. The van der Waals surface area contributed by atoms with Gasteiger partial charge in [0.2, 0.25) is 10.0 Å². The van der Waals surface area contributed by atoms with Gasteiger partial charge in [-0.15, -0.1) is 6.58 Å². The van der Waals surface area contributed by atoms with E-state index in [2.05, 4.69) is 11.7 Å². The molecule has 1 fully saturated rings. The number of nitrogen functional groups attached to an aromatic ring is 1. The first-order valence-electron chi connectivity index (χ1n) is 6.38. The summed E-state index contributed by atoms with van der Waals surface area (Å²) in [5, 5.41) is 3.91. The molecule has 106 valence electrons. The molecule has 0 aromatic carbocycles. The van der Waals surface area contributed by atoms with Crippen molar-refractivity contribution in [3.05, 3.63) is 18.9 Å². The predicted octanol–water partition coefficient (Wildman–Crippen LogP) is 1.12. The maximum absolute atomic E-state index is 12.7. The molecule has 0 spiro atoms. The first-order chi connectivity index (χ1) is 8.96. The summed E-state index contributed by atoms with van der Waals surface area (Å²) in [5.74, 6) is 0.0505. The molecular formula is C12H20N4O2S. The van der Waals surface area contributed by atoms with Gasteiger partial charge in [0.25, 0.3) is 0 Å². The minimum absolute atomic E-state index is 0.0441. The molecule has 0 atom stereocenters. The lowest BCUT2D eigenvalue weighted by atomic mass is 10.2. The van der Waals surface area contributed by atoms with Crippen molar-refractivity contribution in [3.63, 3.8) is 0 Å². The number of sulfonamides is 1. The third-order valence-corrected chi connectivity index (χ3v) is 5.38. The number of rotatable bonds is 5. The van der Waals surface area contributed by atoms with Crippen LogP contribution in [0, 0.1) is 0 Å². The van der Waals surface area contributed by atoms with Crippen molar-refractivity contribution in [1.29, 1.82) is 0 Å². The van der Waals surface area contributed by atoms with E-state index in [4.69, 9.17) is 5.73 Å². The summed E-state index contributed by atoms with van der Waals surface area (Å²) in [5.41, 5.74) is 5.70. The van der Waals surface area contributed by atoms with E-state index in [1.807, 2.05) is 0 Å². The standard InChI is InChI=1S/C12H20N4O2S/c1-3-8-16(10-6-4-5-7-10)19(17,18)11-9-15(2)14-12(11)13/h3,9-10H,1,4-8H2,2H3,(H2,13,14). The average molecular weight is 284 g/mol. The van der Waals surface area contributed by atoms with Crippen LogP contribution in [0.3, 0.4) is 0 Å². The Balaban J connectivity index is 2.38. The highest BCUT2D eigenvalue weighted by Crippen LogP contribution is 2.30. The Bertz CT molecular complexity index is 558. The molecule has 1 aromatic heterocycles. The molecule has 1 saturated carbocycles. The maximum Gasteiger partial charge on any atom is 0.248 e. The second-order valence-corrected chi connectivity index (χ2v) is 6.71. The first-order valence-corrected chi connectivity index (χ1v) is 7.82. The molecule has 1 heterocycles. The second-order valence-electron chi connectivity index (χ2n) is 4.85. The number of hydrogen-bond donors (Lipinski definition) is 1. The molecule has 1 aromatic rings. The summed E-state index contributed by atoms with van der Waals surface area (Å²) in [6.07, 6.45) is 6.99. The molecule has 2 N–H and O–H groups in total. The van der Waals surface area contributed by atoms with Crippen LogP contribution in [-0.4, -0.2) is 35.1 Å². The van der Waals surface area contributed by atoms with Crippen molar-refractivity contribution in [2.45, 2.75) is 36.6 Å². The Morgan fingerprint density at radius 1 is 1.58 bits per heavy atom. The Morgan fingerprint density at radius 3 is 2.68 bits per heavy atom. The smallest absolute Gasteiger partial charge is 0.248 e. The van der Waals surface area contributed by atoms with Crippen LogP contribution in [-0.2, 0) is 17.1 Å². The fourth-order valence-electron chi connectivity index (χ4n) is 2.57. The van der Waals surface area contributed by atoms with Crippen LogP contribution in [0.4, 0.5) is 5.82 Å². The number of aromatic nitrogens is 2. The van der Waals surface area contributed by atoms with Gasteiger partial charge in [-0.25, -0.2) is 8.42 Å². The van der Waals surface area contributed by atoms with Gasteiger partial charge in [0, 0.05) is 25.8 Å². The highest BCUT2D eigenvalue weighted by atomic mass is 32.2. The van der Waals surface area contributed by atoms with Gasteiger partial charge in [0.15, 0.2) is 5.82 Å². The lowest BCUT2D eigenvalue weighted by molar-refractivity contribution is 0.348. The van der Waals surface area contributed by atoms with E-state index in [9.17, 15) is 8.42 Å². The molecule has 0 radical (unpaired) electrons. The third-order valence-electron chi connectivity index (χ3n) is 3.45. The molecule has 0 unspecified atom stereocenters. The molecule has 19 heavy (non-hydrogen) atoms. The minimum Gasteiger partial charge on any atom is -0.381 e. The third kappa shape index (κ3) is 2.66. The topological polar surface area (TPSA) is 81.2 Å². The van der Waals surface area contributed by atoms with Gasteiger partial charge in [-0.05, 0) is 12.8 Å². The Morgan fingerprint density at radius 2 is 2.21 bits per heavy atom. The second kappa shape index (κ2) is 5.34. The molecule has 1 aliphatic rings. The predicted molar refractivity (Wildman–Crippen MR) is 74.0 cm³/mol. The Hall–Kier alpha value is -1.34. The molecule has 0 saturated heterocycles. The molecule has 0 aliphatic heterocycles. The summed E-state index contributed by atoms with van der Waals surface area (Å²) in [7, 11) is -1.95. The molecular weight excluding hydrogens is 264 g/mol. The molecule has 7 heteroatoms. The lowest BCUT2D eigenvalue weighted by Crippen LogP contribution is -2.39. The van der Waals surface area contributed by atoms with E-state index in [1.54, 1.807) is 13.1 Å². The lowest BCUT2D eigenvalue weighted by Gasteiger charge is -2.26. The molecule has 2 rings (SSSR count). The number of nitrogens with zero attached hydrogens (tertiary/aromatic N) is 3. The largest absolute Gasteiger partial charge is 0.381 e. The molecule has 1 aliphatic carbocycles. The van der Waals surface area contributed by atoms with Crippen molar-refractivity contribution in [2.75, 3.05) is 12.3 Å². The van der Waals surface area contributed by atoms with Gasteiger partial charge in [0.1, 0.15) is 4.90 Å². The number of nitrogens with two attached hydrogens (primary N) is 1. The maximum atomic E-state index is 12.7. The van der Waals surface area contributed by atoms with Crippen LogP contribution in [0.2, 0.25) is 0 Å². The highest BCUT2D eigenvalue weighted by Gasteiger charge is 2.34. The summed E-state index contributed by atoms with van der Waals surface area (Å²) in [6, 6.07) is 0.0441. The quantitative estimate of drug-likeness (QED) is 0.822. The van der Waals surface area contributed by atoms with Gasteiger partial charge in [-0.3, -0.25) is 4.68 Å². The van der Waals surface area contributed by atoms with Crippen molar-refractivity contribution in [3.8, 4) is 0 Å². The van der Waals surface area contributed by atoms with Gasteiger partial charge in [0.05, 0.1) is 0 Å². The summed E-state index contributed by atoms with van der Waals surface area (Å²) >= 11 is 0. The number of aryl methyl sites for hydroxylation is 1. The first kappa shape index (κ1) is 14.1. The van der Waals surface area contributed by atoms with Gasteiger partial charge >= 0.3 is 0 Å². The Kier molecular flexibility index (Phi) is 3.96. The fraction of sp³-hybridized carbons (Fsp3) is 0.583. The summed E-state index contributed by atoms with van der Waals surface area (Å²) < 4.78 is 28.3. The minimum atomic E-state index is -3.60. The van der Waals surface area contributed by atoms with Crippen LogP contribution in [0.15, 0.2) is 23.7 Å². The fourth-order valence-corrected chi connectivity index (χ4v) is 4.32. The molecule has 0 bridgehead atoms. The summed E-state index contributed by atoms with van der Waals surface area (Å²) in [4.78, 5) is 0.0868. The number of hydrogen-bond acceptors (Lipinski definition) is 4. The zero-order valence-electron chi connectivity index (χ0n) is 11.1. The van der Waals surface area contributed by atoms with Crippen LogP contribution in [0.5, 0.6) is 0 Å². The number of anilines is 1. The SMILES string of the molecule is C=CCN(C1CCCC1)S(=O)(=O)c1cn(C)nc1N. The van der Waals surface area contributed by atoms with Crippen molar-refractivity contribution in [2.24, 2.45) is 7.05 Å². The van der Waals surface area contributed by atoms with Crippen molar-refractivity contribution >= 4 is 15.8 Å². The van der Waals surface area contributed by atoms with E-state index in [0.29, 0.717) is 6.54 Å².